The number of amides is 1. The first-order chi connectivity index (χ1) is 7.15. The van der Waals surface area contributed by atoms with Crippen molar-refractivity contribution in [2.45, 2.75) is 34.1 Å². The van der Waals surface area contributed by atoms with Crippen LogP contribution in [0.3, 0.4) is 0 Å². The summed E-state index contributed by atoms with van der Waals surface area (Å²) in [5, 5.41) is 0. The van der Waals surface area contributed by atoms with Gasteiger partial charge in [0.25, 0.3) is 0 Å². The van der Waals surface area contributed by atoms with E-state index >= 15 is 0 Å². The quantitative estimate of drug-likeness (QED) is 0.633. The number of rotatable bonds is 1. The average molecular weight is 275 g/mol. The Morgan fingerprint density at radius 2 is 1.93 bits per heavy atom. The minimum absolute atomic E-state index is 0.250. The SMILES string of the molecule is CC.CCc1ccc(Br)nc1C.NC=O. The van der Waals surface area contributed by atoms with Gasteiger partial charge in [0, 0.05) is 5.69 Å². The molecule has 2 N–H and O–H groups in total. The summed E-state index contributed by atoms with van der Waals surface area (Å²) >= 11 is 3.31. The van der Waals surface area contributed by atoms with Crippen LogP contribution in [-0.2, 0) is 11.2 Å². The minimum Gasteiger partial charge on any atom is -0.372 e. The summed E-state index contributed by atoms with van der Waals surface area (Å²) < 4.78 is 0.919. The number of aryl methyl sites for hydroxylation is 2. The highest BCUT2D eigenvalue weighted by Crippen LogP contribution is 2.11. The Morgan fingerprint density at radius 3 is 2.27 bits per heavy atom. The predicted octanol–water partition coefficient (Wildman–Crippen LogP) is 2.84. The normalized spacial score (nSPS) is 7.80. The van der Waals surface area contributed by atoms with Crippen LogP contribution in [0.5, 0.6) is 0 Å². The Hall–Kier alpha value is -0.900. The summed E-state index contributed by atoms with van der Waals surface area (Å²) in [5.41, 5.74) is 6.61. The molecule has 1 rings (SSSR count). The van der Waals surface area contributed by atoms with Gasteiger partial charge in [-0.3, -0.25) is 4.79 Å². The molecule has 0 atom stereocenters. The molecule has 4 heteroatoms. The first-order valence-corrected chi connectivity index (χ1v) is 5.72. The van der Waals surface area contributed by atoms with Crippen molar-refractivity contribution in [3.8, 4) is 0 Å². The molecule has 0 aromatic carbocycles. The number of nitrogens with two attached hydrogens (primary N) is 1. The third kappa shape index (κ3) is 8.12. The number of nitrogens with zero attached hydrogens (tertiary/aromatic N) is 1. The largest absolute Gasteiger partial charge is 0.372 e. The van der Waals surface area contributed by atoms with Gasteiger partial charge in [0.2, 0.25) is 6.41 Å². The van der Waals surface area contributed by atoms with Crippen molar-refractivity contribution in [1.82, 2.24) is 4.98 Å². The van der Waals surface area contributed by atoms with Crippen molar-refractivity contribution in [3.63, 3.8) is 0 Å². The number of primary amides is 1. The van der Waals surface area contributed by atoms with E-state index in [1.54, 1.807) is 0 Å². The van der Waals surface area contributed by atoms with E-state index in [-0.39, 0.29) is 6.41 Å². The summed E-state index contributed by atoms with van der Waals surface area (Å²) in [6, 6.07) is 4.08. The molecule has 0 aliphatic rings. The third-order valence-corrected chi connectivity index (χ3v) is 1.98. The van der Waals surface area contributed by atoms with Crippen LogP contribution in [0.25, 0.3) is 0 Å². The molecule has 0 radical (unpaired) electrons. The van der Waals surface area contributed by atoms with Crippen LogP contribution in [-0.4, -0.2) is 11.4 Å². The van der Waals surface area contributed by atoms with Gasteiger partial charge in [0.1, 0.15) is 4.60 Å². The maximum absolute atomic E-state index is 8.58. The Morgan fingerprint density at radius 1 is 1.47 bits per heavy atom. The second-order valence-electron chi connectivity index (χ2n) is 2.37. The van der Waals surface area contributed by atoms with Gasteiger partial charge in [-0.05, 0) is 40.9 Å². The number of hydrogen-bond donors (Lipinski definition) is 1. The van der Waals surface area contributed by atoms with Crippen molar-refractivity contribution >= 4 is 22.3 Å². The lowest BCUT2D eigenvalue weighted by atomic mass is 10.2. The van der Waals surface area contributed by atoms with Crippen molar-refractivity contribution in [2.75, 3.05) is 0 Å². The van der Waals surface area contributed by atoms with E-state index in [4.69, 9.17) is 4.79 Å². The Labute approximate surface area is 100 Å². The van der Waals surface area contributed by atoms with Gasteiger partial charge in [-0.25, -0.2) is 4.98 Å². The van der Waals surface area contributed by atoms with E-state index in [1.807, 2.05) is 26.8 Å². The van der Waals surface area contributed by atoms with E-state index in [0.717, 1.165) is 16.7 Å². The lowest BCUT2D eigenvalue weighted by Crippen LogP contribution is -1.89. The van der Waals surface area contributed by atoms with E-state index in [1.165, 1.54) is 5.56 Å². The second-order valence-corrected chi connectivity index (χ2v) is 3.18. The van der Waals surface area contributed by atoms with Crippen LogP contribution >= 0.6 is 15.9 Å². The van der Waals surface area contributed by atoms with Gasteiger partial charge >= 0.3 is 0 Å². The number of pyridine rings is 1. The van der Waals surface area contributed by atoms with Gasteiger partial charge in [0.15, 0.2) is 0 Å². The molecular weight excluding hydrogens is 256 g/mol. The number of carbonyl (C=O) groups is 1. The molecule has 1 aromatic rings. The van der Waals surface area contributed by atoms with Crippen LogP contribution in [0.2, 0.25) is 0 Å². The zero-order valence-corrected chi connectivity index (χ0v) is 11.3. The minimum atomic E-state index is 0.250. The van der Waals surface area contributed by atoms with E-state index in [0.29, 0.717) is 0 Å². The standard InChI is InChI=1S/C8H10BrN.C2H6.CH3NO/c1-3-7-4-5-8(9)10-6(7)2;1-2;2-1-3/h4-5H,3H2,1-2H3;1-2H3;1H,(H2,2,3). The second kappa shape index (κ2) is 11.2. The van der Waals surface area contributed by atoms with Crippen molar-refractivity contribution in [2.24, 2.45) is 5.73 Å². The van der Waals surface area contributed by atoms with E-state index in [9.17, 15) is 0 Å². The van der Waals surface area contributed by atoms with Crippen molar-refractivity contribution in [1.29, 1.82) is 0 Å². The summed E-state index contributed by atoms with van der Waals surface area (Å²) in [4.78, 5) is 12.8. The fourth-order valence-electron chi connectivity index (χ4n) is 0.933. The van der Waals surface area contributed by atoms with Crippen LogP contribution in [0, 0.1) is 6.92 Å². The van der Waals surface area contributed by atoms with Crippen molar-refractivity contribution in [3.05, 3.63) is 28.0 Å². The number of hydrogen-bond acceptors (Lipinski definition) is 2. The molecule has 0 aliphatic heterocycles. The maximum atomic E-state index is 8.58. The summed E-state index contributed by atoms with van der Waals surface area (Å²) in [5.74, 6) is 0. The number of carbonyl (C=O) groups excluding carboxylic acids is 1. The maximum Gasteiger partial charge on any atom is 0.204 e. The average Bonchev–Trinajstić information content (AvgIpc) is 2.22. The zero-order valence-electron chi connectivity index (χ0n) is 9.75. The highest BCUT2D eigenvalue weighted by atomic mass is 79.9. The lowest BCUT2D eigenvalue weighted by Gasteiger charge is -2.00. The highest BCUT2D eigenvalue weighted by molar-refractivity contribution is 9.10. The molecule has 86 valence electrons. The Balaban J connectivity index is 0. The molecule has 0 unspecified atom stereocenters. The first-order valence-electron chi connectivity index (χ1n) is 4.93. The van der Waals surface area contributed by atoms with Crippen LogP contribution in [0.4, 0.5) is 0 Å². The Kier molecular flexibility index (Phi) is 12.3. The molecule has 1 amide bonds. The molecule has 1 aromatic heterocycles. The van der Waals surface area contributed by atoms with Gasteiger partial charge in [-0.15, -0.1) is 0 Å². The molecule has 3 nitrogen and oxygen atoms in total. The zero-order chi connectivity index (χ0) is 12.3. The summed E-state index contributed by atoms with van der Waals surface area (Å²) in [6.45, 7) is 8.17. The molecular formula is C11H19BrN2O. The number of aromatic nitrogens is 1. The van der Waals surface area contributed by atoms with Gasteiger partial charge in [-0.2, -0.15) is 0 Å². The molecule has 0 bridgehead atoms. The molecule has 0 saturated carbocycles. The monoisotopic (exact) mass is 274 g/mol. The first kappa shape index (κ1) is 16.5. The van der Waals surface area contributed by atoms with E-state index in [2.05, 4.69) is 39.6 Å². The van der Waals surface area contributed by atoms with Crippen LogP contribution in [0.1, 0.15) is 32.0 Å². The lowest BCUT2D eigenvalue weighted by molar-refractivity contribution is -0.106. The van der Waals surface area contributed by atoms with Gasteiger partial charge in [-0.1, -0.05) is 26.8 Å². The molecule has 15 heavy (non-hydrogen) atoms. The molecule has 1 heterocycles. The van der Waals surface area contributed by atoms with Gasteiger partial charge in [0.05, 0.1) is 0 Å². The summed E-state index contributed by atoms with van der Waals surface area (Å²) in [6.07, 6.45) is 1.31. The molecule has 0 aliphatic carbocycles. The highest BCUT2D eigenvalue weighted by Gasteiger charge is 1.95. The van der Waals surface area contributed by atoms with Crippen LogP contribution in [0.15, 0.2) is 16.7 Å². The topological polar surface area (TPSA) is 56.0 Å². The fraction of sp³-hybridized carbons (Fsp3) is 0.455. The Bertz CT molecular complexity index is 277. The van der Waals surface area contributed by atoms with E-state index < -0.39 is 0 Å². The molecule has 0 saturated heterocycles. The van der Waals surface area contributed by atoms with Crippen LogP contribution < -0.4 is 5.73 Å². The predicted molar refractivity (Wildman–Crippen MR) is 67.7 cm³/mol. The van der Waals surface area contributed by atoms with Crippen molar-refractivity contribution < 1.29 is 4.79 Å². The number of halogens is 1. The fourth-order valence-corrected chi connectivity index (χ4v) is 1.33. The smallest absolute Gasteiger partial charge is 0.204 e. The third-order valence-electron chi connectivity index (χ3n) is 1.54. The van der Waals surface area contributed by atoms with Gasteiger partial charge < -0.3 is 5.73 Å². The summed E-state index contributed by atoms with van der Waals surface area (Å²) in [7, 11) is 0. The molecule has 0 spiro atoms. The molecule has 0 fully saturated rings.